The fourth-order valence-corrected chi connectivity index (χ4v) is 2.46. The van der Waals surface area contributed by atoms with E-state index in [1.165, 1.54) is 0 Å². The number of hydrogen-bond acceptors (Lipinski definition) is 6. The monoisotopic (exact) mass is 323 g/mol. The van der Waals surface area contributed by atoms with E-state index in [-0.39, 0.29) is 6.10 Å². The number of benzene rings is 1. The van der Waals surface area contributed by atoms with Crippen LogP contribution in [0.3, 0.4) is 0 Å². The maximum atomic E-state index is 5.85. The summed E-state index contributed by atoms with van der Waals surface area (Å²) in [5, 5.41) is 4.64. The third kappa shape index (κ3) is 3.97. The number of hydrogen-bond donors (Lipinski definition) is 0. The SMILES string of the molecule is Cc1nc([C@@H]2CN(CCOc3ccc(Cl)cc3)CCO2)no1. The first-order valence-corrected chi connectivity index (χ1v) is 7.61. The molecule has 1 aromatic carbocycles. The van der Waals surface area contributed by atoms with Crippen molar-refractivity contribution in [1.82, 2.24) is 15.0 Å². The molecule has 0 saturated carbocycles. The molecule has 0 aliphatic carbocycles. The minimum absolute atomic E-state index is 0.137. The first-order valence-electron chi connectivity index (χ1n) is 7.23. The largest absolute Gasteiger partial charge is 0.492 e. The summed E-state index contributed by atoms with van der Waals surface area (Å²) in [6.45, 7) is 5.47. The van der Waals surface area contributed by atoms with Gasteiger partial charge in [0.05, 0.1) is 6.61 Å². The number of halogens is 1. The Morgan fingerprint density at radius 1 is 1.36 bits per heavy atom. The zero-order valence-corrected chi connectivity index (χ0v) is 13.1. The molecule has 0 N–H and O–H groups in total. The van der Waals surface area contributed by atoms with Crippen molar-refractivity contribution >= 4 is 11.6 Å². The summed E-state index contributed by atoms with van der Waals surface area (Å²) in [7, 11) is 0. The third-order valence-electron chi connectivity index (χ3n) is 3.47. The number of aryl methyl sites for hydroxylation is 1. The van der Waals surface area contributed by atoms with Crippen LogP contribution in [0.2, 0.25) is 5.02 Å². The number of nitrogens with zero attached hydrogens (tertiary/aromatic N) is 3. The molecule has 2 heterocycles. The second kappa shape index (κ2) is 7.09. The first-order chi connectivity index (χ1) is 10.7. The van der Waals surface area contributed by atoms with Crippen molar-refractivity contribution in [1.29, 1.82) is 0 Å². The van der Waals surface area contributed by atoms with E-state index < -0.39 is 0 Å². The zero-order chi connectivity index (χ0) is 15.4. The minimum Gasteiger partial charge on any atom is -0.492 e. The molecule has 1 fully saturated rings. The molecule has 1 aliphatic rings. The Bertz CT molecular complexity index is 602. The molecule has 0 amide bonds. The van der Waals surface area contributed by atoms with Crippen molar-refractivity contribution in [2.75, 3.05) is 32.8 Å². The fourth-order valence-electron chi connectivity index (χ4n) is 2.33. The lowest BCUT2D eigenvalue weighted by Gasteiger charge is -2.31. The molecule has 0 unspecified atom stereocenters. The van der Waals surface area contributed by atoms with Crippen LogP contribution in [-0.2, 0) is 4.74 Å². The van der Waals surface area contributed by atoms with Crippen molar-refractivity contribution in [2.45, 2.75) is 13.0 Å². The van der Waals surface area contributed by atoms with Gasteiger partial charge in [-0.1, -0.05) is 16.8 Å². The van der Waals surface area contributed by atoms with Gasteiger partial charge < -0.3 is 14.0 Å². The molecule has 0 radical (unpaired) electrons. The summed E-state index contributed by atoms with van der Waals surface area (Å²) < 4.78 is 16.4. The average Bonchev–Trinajstić information content (AvgIpc) is 2.96. The van der Waals surface area contributed by atoms with Gasteiger partial charge in [-0.2, -0.15) is 4.98 Å². The summed E-state index contributed by atoms with van der Waals surface area (Å²) >= 11 is 5.85. The van der Waals surface area contributed by atoms with E-state index in [0.29, 0.717) is 30.0 Å². The Morgan fingerprint density at radius 3 is 2.91 bits per heavy atom. The fraction of sp³-hybridized carbons (Fsp3) is 0.467. The number of morpholine rings is 1. The van der Waals surface area contributed by atoms with Gasteiger partial charge in [0.15, 0.2) is 0 Å². The van der Waals surface area contributed by atoms with Gasteiger partial charge in [-0.3, -0.25) is 4.90 Å². The van der Waals surface area contributed by atoms with E-state index >= 15 is 0 Å². The van der Waals surface area contributed by atoms with Crippen LogP contribution in [0.4, 0.5) is 0 Å². The van der Waals surface area contributed by atoms with Crippen LogP contribution < -0.4 is 4.74 Å². The molecule has 3 rings (SSSR count). The highest BCUT2D eigenvalue weighted by Gasteiger charge is 2.25. The normalized spacial score (nSPS) is 19.3. The molecule has 1 saturated heterocycles. The van der Waals surface area contributed by atoms with Crippen molar-refractivity contribution in [2.24, 2.45) is 0 Å². The van der Waals surface area contributed by atoms with Gasteiger partial charge in [-0.25, -0.2) is 0 Å². The van der Waals surface area contributed by atoms with E-state index in [1.807, 2.05) is 24.3 Å². The molecule has 0 bridgehead atoms. The topological polar surface area (TPSA) is 60.6 Å². The van der Waals surface area contributed by atoms with Crippen LogP contribution in [-0.4, -0.2) is 47.9 Å². The van der Waals surface area contributed by atoms with Crippen molar-refractivity contribution in [3.63, 3.8) is 0 Å². The molecule has 2 aromatic rings. The van der Waals surface area contributed by atoms with E-state index in [4.69, 9.17) is 25.6 Å². The molecule has 1 atom stereocenters. The van der Waals surface area contributed by atoms with Gasteiger partial charge >= 0.3 is 0 Å². The second-order valence-electron chi connectivity index (χ2n) is 5.13. The van der Waals surface area contributed by atoms with Crippen LogP contribution in [0, 0.1) is 6.92 Å². The van der Waals surface area contributed by atoms with Gasteiger partial charge in [0.2, 0.25) is 11.7 Å². The molecular weight excluding hydrogens is 306 g/mol. The minimum atomic E-state index is -0.137. The number of rotatable bonds is 5. The van der Waals surface area contributed by atoms with E-state index in [9.17, 15) is 0 Å². The molecule has 1 aromatic heterocycles. The summed E-state index contributed by atoms with van der Waals surface area (Å²) in [6, 6.07) is 7.37. The lowest BCUT2D eigenvalue weighted by atomic mass is 10.2. The molecule has 6 nitrogen and oxygen atoms in total. The van der Waals surface area contributed by atoms with E-state index in [1.54, 1.807) is 6.92 Å². The van der Waals surface area contributed by atoms with Gasteiger partial charge in [0.25, 0.3) is 0 Å². The van der Waals surface area contributed by atoms with Crippen LogP contribution in [0.25, 0.3) is 0 Å². The lowest BCUT2D eigenvalue weighted by molar-refractivity contribution is -0.0379. The maximum absolute atomic E-state index is 5.85. The Hall–Kier alpha value is -1.63. The van der Waals surface area contributed by atoms with Crippen molar-refractivity contribution < 1.29 is 14.0 Å². The van der Waals surface area contributed by atoms with Crippen LogP contribution in [0.1, 0.15) is 17.8 Å². The van der Waals surface area contributed by atoms with Crippen molar-refractivity contribution in [3.05, 3.63) is 41.0 Å². The Morgan fingerprint density at radius 2 is 2.18 bits per heavy atom. The van der Waals surface area contributed by atoms with Crippen molar-refractivity contribution in [3.8, 4) is 5.75 Å². The Balaban J connectivity index is 1.47. The highest BCUT2D eigenvalue weighted by Crippen LogP contribution is 2.20. The predicted molar refractivity (Wildman–Crippen MR) is 81.1 cm³/mol. The van der Waals surface area contributed by atoms with Gasteiger partial charge in [-0.05, 0) is 24.3 Å². The average molecular weight is 324 g/mol. The quantitative estimate of drug-likeness (QED) is 0.842. The van der Waals surface area contributed by atoms with Crippen LogP contribution >= 0.6 is 11.6 Å². The van der Waals surface area contributed by atoms with Crippen LogP contribution in [0.15, 0.2) is 28.8 Å². The summed E-state index contributed by atoms with van der Waals surface area (Å²) in [5.41, 5.74) is 0. The third-order valence-corrected chi connectivity index (χ3v) is 3.72. The molecule has 7 heteroatoms. The standard InChI is InChI=1S/C15H18ClN3O3/c1-11-17-15(18-22-11)14-10-19(7-9-21-14)6-8-20-13-4-2-12(16)3-5-13/h2-5,14H,6-10H2,1H3/t14-/m0/s1. The smallest absolute Gasteiger partial charge is 0.223 e. The molecular formula is C15H18ClN3O3. The Labute approximate surface area is 134 Å². The highest BCUT2D eigenvalue weighted by molar-refractivity contribution is 6.30. The summed E-state index contributed by atoms with van der Waals surface area (Å²) in [6.07, 6.45) is -0.137. The summed E-state index contributed by atoms with van der Waals surface area (Å²) in [4.78, 5) is 6.51. The zero-order valence-electron chi connectivity index (χ0n) is 12.4. The van der Waals surface area contributed by atoms with E-state index in [2.05, 4.69) is 15.0 Å². The predicted octanol–water partition coefficient (Wildman–Crippen LogP) is 2.48. The Kier molecular flexibility index (Phi) is 4.92. The van der Waals surface area contributed by atoms with Gasteiger partial charge in [0.1, 0.15) is 18.5 Å². The molecule has 118 valence electrons. The van der Waals surface area contributed by atoms with E-state index in [0.717, 1.165) is 25.4 Å². The second-order valence-corrected chi connectivity index (χ2v) is 5.57. The molecule has 1 aliphatic heterocycles. The lowest BCUT2D eigenvalue weighted by Crippen LogP contribution is -2.40. The number of ether oxygens (including phenoxy) is 2. The maximum Gasteiger partial charge on any atom is 0.223 e. The van der Waals surface area contributed by atoms with Gasteiger partial charge in [-0.15, -0.1) is 0 Å². The molecule has 22 heavy (non-hydrogen) atoms. The molecule has 0 spiro atoms. The highest BCUT2D eigenvalue weighted by atomic mass is 35.5. The first kappa shape index (κ1) is 15.3. The van der Waals surface area contributed by atoms with Gasteiger partial charge in [0, 0.05) is 31.6 Å². The summed E-state index contributed by atoms with van der Waals surface area (Å²) in [5.74, 6) is 1.99. The van der Waals surface area contributed by atoms with Crippen LogP contribution in [0.5, 0.6) is 5.75 Å². The number of aromatic nitrogens is 2.